The predicted molar refractivity (Wildman–Crippen MR) is 116 cm³/mol. The number of fused-ring (bicyclic) bond motifs is 1. The molecule has 8 heteroatoms. The van der Waals surface area contributed by atoms with Crippen molar-refractivity contribution in [2.24, 2.45) is 0 Å². The van der Waals surface area contributed by atoms with Gasteiger partial charge < -0.3 is 15.2 Å². The molecule has 0 saturated carbocycles. The number of aryl methyl sites for hydroxylation is 1. The molecule has 0 saturated heterocycles. The summed E-state index contributed by atoms with van der Waals surface area (Å²) in [5, 5.41) is 12.5. The van der Waals surface area contributed by atoms with Crippen molar-refractivity contribution < 1.29 is 14.6 Å². The SMILES string of the molecule is COc1c(I)cc(CC2CCCc3nc(NCC(=O)O)sc32)cc1I. The molecule has 2 aromatic rings. The van der Waals surface area contributed by atoms with Crippen LogP contribution in [0.4, 0.5) is 5.13 Å². The zero-order chi connectivity index (χ0) is 18.0. The maximum absolute atomic E-state index is 10.7. The number of carboxylic acid groups (broad SMARTS) is 1. The van der Waals surface area contributed by atoms with Crippen molar-refractivity contribution in [1.82, 2.24) is 4.98 Å². The number of hydrogen-bond acceptors (Lipinski definition) is 5. The zero-order valence-electron chi connectivity index (χ0n) is 13.6. The quantitative estimate of drug-likeness (QED) is 0.489. The number of carboxylic acids is 1. The maximum atomic E-state index is 10.7. The van der Waals surface area contributed by atoms with Gasteiger partial charge in [-0.05, 0) is 94.5 Å². The number of benzene rings is 1. The van der Waals surface area contributed by atoms with E-state index in [1.54, 1.807) is 18.4 Å². The number of rotatable bonds is 6. The third kappa shape index (κ3) is 4.57. The molecule has 134 valence electrons. The summed E-state index contributed by atoms with van der Waals surface area (Å²) >= 11 is 6.25. The third-order valence-electron chi connectivity index (χ3n) is 4.20. The molecule has 1 atom stereocenters. The van der Waals surface area contributed by atoms with Crippen molar-refractivity contribution in [3.05, 3.63) is 35.4 Å². The third-order valence-corrected chi connectivity index (χ3v) is 7.02. The molecule has 0 radical (unpaired) electrons. The fraction of sp³-hybridized carbons (Fsp3) is 0.412. The standard InChI is InChI=1S/C17H18I2N2O3S/c1-24-15-11(18)6-9(7-12(15)19)5-10-3-2-4-13-16(10)25-17(21-13)20-8-14(22)23/h6-7,10H,2-5,8H2,1H3,(H,20,21)(H,22,23). The van der Waals surface area contributed by atoms with E-state index in [0.29, 0.717) is 5.92 Å². The molecule has 1 aromatic heterocycles. The first-order chi connectivity index (χ1) is 12.0. The molecular formula is C17H18I2N2O3S. The van der Waals surface area contributed by atoms with E-state index in [0.717, 1.165) is 49.4 Å². The molecule has 0 aliphatic heterocycles. The Bertz CT molecular complexity index is 771. The Morgan fingerprint density at radius 3 is 2.80 bits per heavy atom. The summed E-state index contributed by atoms with van der Waals surface area (Å²) in [6.07, 6.45) is 4.23. The first kappa shape index (κ1) is 19.2. The largest absolute Gasteiger partial charge is 0.495 e. The summed E-state index contributed by atoms with van der Waals surface area (Å²) in [6, 6.07) is 4.39. The number of nitrogens with one attached hydrogen (secondary N) is 1. The Morgan fingerprint density at radius 1 is 1.44 bits per heavy atom. The van der Waals surface area contributed by atoms with E-state index in [2.05, 4.69) is 67.6 Å². The highest BCUT2D eigenvalue weighted by Crippen LogP contribution is 2.40. The van der Waals surface area contributed by atoms with Gasteiger partial charge in [-0.2, -0.15) is 0 Å². The second-order valence-corrected chi connectivity index (χ2v) is 9.32. The van der Waals surface area contributed by atoms with Crippen molar-refractivity contribution in [3.63, 3.8) is 0 Å². The number of methoxy groups -OCH3 is 1. The topological polar surface area (TPSA) is 71.5 Å². The van der Waals surface area contributed by atoms with E-state index in [-0.39, 0.29) is 6.54 Å². The number of hydrogen-bond donors (Lipinski definition) is 2. The Balaban J connectivity index is 1.80. The van der Waals surface area contributed by atoms with Crippen molar-refractivity contribution in [2.75, 3.05) is 19.0 Å². The number of thiazole rings is 1. The van der Waals surface area contributed by atoms with Gasteiger partial charge in [0.2, 0.25) is 0 Å². The number of halogens is 2. The maximum Gasteiger partial charge on any atom is 0.322 e. The van der Waals surface area contributed by atoms with Crippen LogP contribution in [-0.2, 0) is 17.6 Å². The first-order valence-electron chi connectivity index (χ1n) is 7.95. The van der Waals surface area contributed by atoms with Crippen LogP contribution < -0.4 is 10.1 Å². The minimum Gasteiger partial charge on any atom is -0.495 e. The lowest BCUT2D eigenvalue weighted by Gasteiger charge is -2.21. The summed E-state index contributed by atoms with van der Waals surface area (Å²) in [7, 11) is 1.70. The van der Waals surface area contributed by atoms with Crippen LogP contribution in [0.3, 0.4) is 0 Å². The van der Waals surface area contributed by atoms with E-state index >= 15 is 0 Å². The van der Waals surface area contributed by atoms with Gasteiger partial charge in [-0.25, -0.2) is 4.98 Å². The van der Waals surface area contributed by atoms with Crippen molar-refractivity contribution in [3.8, 4) is 5.75 Å². The monoisotopic (exact) mass is 584 g/mol. The van der Waals surface area contributed by atoms with E-state index in [4.69, 9.17) is 9.84 Å². The molecular weight excluding hydrogens is 566 g/mol. The Morgan fingerprint density at radius 2 is 2.16 bits per heavy atom. The van der Waals surface area contributed by atoms with Gasteiger partial charge >= 0.3 is 5.97 Å². The van der Waals surface area contributed by atoms with E-state index in [1.165, 1.54) is 10.4 Å². The molecule has 1 aliphatic carbocycles. The minimum absolute atomic E-state index is 0.0913. The molecule has 2 N–H and O–H groups in total. The van der Waals surface area contributed by atoms with Gasteiger partial charge in [-0.1, -0.05) is 0 Å². The Hall–Kier alpha value is -0.620. The fourth-order valence-corrected chi connectivity index (χ4v) is 6.62. The first-order valence-corrected chi connectivity index (χ1v) is 10.9. The van der Waals surface area contributed by atoms with Gasteiger partial charge in [0.05, 0.1) is 19.9 Å². The van der Waals surface area contributed by atoms with E-state index in [1.807, 2.05) is 0 Å². The number of carbonyl (C=O) groups is 1. The minimum atomic E-state index is -0.868. The molecule has 1 aromatic carbocycles. The van der Waals surface area contributed by atoms with Gasteiger partial charge in [0, 0.05) is 4.88 Å². The summed E-state index contributed by atoms with van der Waals surface area (Å²) in [5.74, 6) is 0.515. The molecule has 0 fully saturated rings. The van der Waals surface area contributed by atoms with Crippen molar-refractivity contribution in [2.45, 2.75) is 31.6 Å². The normalized spacial score (nSPS) is 16.4. The summed E-state index contributed by atoms with van der Waals surface area (Å²) < 4.78 is 7.71. The lowest BCUT2D eigenvalue weighted by molar-refractivity contribution is -0.134. The van der Waals surface area contributed by atoms with Gasteiger partial charge in [0.15, 0.2) is 5.13 Å². The number of nitrogens with zero attached hydrogens (tertiary/aromatic N) is 1. The molecule has 0 bridgehead atoms. The summed E-state index contributed by atoms with van der Waals surface area (Å²) in [4.78, 5) is 16.6. The molecule has 5 nitrogen and oxygen atoms in total. The average molecular weight is 584 g/mol. The van der Waals surface area contributed by atoms with Crippen LogP contribution in [0.25, 0.3) is 0 Å². The van der Waals surface area contributed by atoms with Crippen LogP contribution >= 0.6 is 56.5 Å². The number of anilines is 1. The molecule has 3 rings (SSSR count). The van der Waals surface area contributed by atoms with Crippen LogP contribution in [-0.4, -0.2) is 29.7 Å². The van der Waals surface area contributed by atoms with Gasteiger partial charge in [-0.15, -0.1) is 11.3 Å². The molecule has 1 aliphatic rings. The number of aromatic nitrogens is 1. The smallest absolute Gasteiger partial charge is 0.322 e. The van der Waals surface area contributed by atoms with Crippen LogP contribution in [0.2, 0.25) is 0 Å². The highest BCUT2D eigenvalue weighted by Gasteiger charge is 2.25. The predicted octanol–water partition coefficient (Wildman–Crippen LogP) is 4.52. The van der Waals surface area contributed by atoms with E-state index in [9.17, 15) is 4.79 Å². The average Bonchev–Trinajstić information content (AvgIpc) is 2.97. The number of aliphatic carboxylic acids is 1. The summed E-state index contributed by atoms with van der Waals surface area (Å²) in [5.41, 5.74) is 2.44. The van der Waals surface area contributed by atoms with Crippen LogP contribution in [0.5, 0.6) is 5.75 Å². The summed E-state index contributed by atoms with van der Waals surface area (Å²) in [6.45, 7) is -0.0913. The lowest BCUT2D eigenvalue weighted by atomic mass is 9.87. The number of ether oxygens (including phenoxy) is 1. The second-order valence-electron chi connectivity index (χ2n) is 5.96. The lowest BCUT2D eigenvalue weighted by Crippen LogP contribution is -2.12. The molecule has 0 spiro atoms. The van der Waals surface area contributed by atoms with Gasteiger partial charge in [0.25, 0.3) is 0 Å². The van der Waals surface area contributed by atoms with Crippen molar-refractivity contribution in [1.29, 1.82) is 0 Å². The van der Waals surface area contributed by atoms with Gasteiger partial charge in [0.1, 0.15) is 12.3 Å². The Labute approximate surface area is 177 Å². The molecule has 25 heavy (non-hydrogen) atoms. The molecule has 1 unspecified atom stereocenters. The zero-order valence-corrected chi connectivity index (χ0v) is 18.8. The molecule has 0 amide bonds. The van der Waals surface area contributed by atoms with Crippen LogP contribution in [0.15, 0.2) is 12.1 Å². The van der Waals surface area contributed by atoms with Crippen LogP contribution in [0.1, 0.15) is 34.9 Å². The van der Waals surface area contributed by atoms with E-state index < -0.39 is 5.97 Å². The highest BCUT2D eigenvalue weighted by molar-refractivity contribution is 14.1. The fourth-order valence-electron chi connectivity index (χ4n) is 3.14. The van der Waals surface area contributed by atoms with Crippen molar-refractivity contribution >= 4 is 67.6 Å². The highest BCUT2D eigenvalue weighted by atomic mass is 127. The Kier molecular flexibility index (Phi) is 6.42. The van der Waals surface area contributed by atoms with Gasteiger partial charge in [-0.3, -0.25) is 4.79 Å². The molecule has 1 heterocycles. The second kappa shape index (κ2) is 8.38. The van der Waals surface area contributed by atoms with Crippen LogP contribution in [0, 0.1) is 7.14 Å².